The van der Waals surface area contributed by atoms with E-state index in [9.17, 15) is 10.0 Å². The Morgan fingerprint density at radius 3 is 2.29 bits per heavy atom. The van der Waals surface area contributed by atoms with E-state index in [0.29, 0.717) is 23.2 Å². The third kappa shape index (κ3) is 6.87. The lowest BCUT2D eigenvalue weighted by Crippen LogP contribution is -2.42. The molecule has 0 atom stereocenters. The summed E-state index contributed by atoms with van der Waals surface area (Å²) in [6, 6.07) is 13.6. The van der Waals surface area contributed by atoms with Gasteiger partial charge >= 0.3 is 6.03 Å². The van der Waals surface area contributed by atoms with Gasteiger partial charge in [-0.3, -0.25) is 4.99 Å². The van der Waals surface area contributed by atoms with Crippen LogP contribution >= 0.6 is 0 Å². The van der Waals surface area contributed by atoms with Crippen LogP contribution in [-0.2, 0) is 0 Å². The Hall–Kier alpha value is -2.76. The van der Waals surface area contributed by atoms with Crippen molar-refractivity contribution in [3.63, 3.8) is 0 Å². The molecule has 0 spiro atoms. The van der Waals surface area contributed by atoms with Crippen molar-refractivity contribution in [1.29, 1.82) is 0 Å². The Bertz CT molecular complexity index is 988. The molecule has 0 aliphatic heterocycles. The third-order valence-electron chi connectivity index (χ3n) is 7.65. The molecular formula is C28H40N4O2. The Kier molecular flexibility index (Phi) is 8.67. The van der Waals surface area contributed by atoms with Crippen LogP contribution in [0.5, 0.6) is 0 Å². The fourth-order valence-electron chi connectivity index (χ4n) is 5.51. The van der Waals surface area contributed by atoms with E-state index in [1.54, 1.807) is 12.3 Å². The lowest BCUT2D eigenvalue weighted by atomic mass is 9.81. The first-order chi connectivity index (χ1) is 16.6. The highest BCUT2D eigenvalue weighted by atomic mass is 16.5. The normalized spacial score (nSPS) is 21.9. The summed E-state index contributed by atoms with van der Waals surface area (Å²) < 4.78 is 1.09. The molecule has 6 heteroatoms. The van der Waals surface area contributed by atoms with Crippen LogP contribution in [0.15, 0.2) is 53.7 Å². The fraction of sp³-hybridized carbons (Fsp3) is 0.571. The second kappa shape index (κ2) is 12.1. The number of carbonyl (C=O) groups excluding carboxylic acids is 1. The van der Waals surface area contributed by atoms with E-state index >= 15 is 0 Å². The highest BCUT2D eigenvalue weighted by Crippen LogP contribution is 2.31. The maximum Gasteiger partial charge on any atom is 0.321 e. The van der Waals surface area contributed by atoms with Gasteiger partial charge < -0.3 is 15.4 Å². The lowest BCUT2D eigenvalue weighted by Gasteiger charge is -2.35. The molecule has 0 saturated heterocycles. The van der Waals surface area contributed by atoms with Crippen molar-refractivity contribution in [2.45, 2.75) is 64.7 Å². The van der Waals surface area contributed by atoms with Crippen molar-refractivity contribution >= 4 is 11.7 Å². The minimum absolute atomic E-state index is 0.0496. The first-order valence-electron chi connectivity index (χ1n) is 13.1. The number of nitrogens with one attached hydrogen (secondary N) is 1. The number of hydrogen-bond donors (Lipinski definition) is 2. The van der Waals surface area contributed by atoms with Crippen molar-refractivity contribution < 1.29 is 10.0 Å². The van der Waals surface area contributed by atoms with Crippen molar-refractivity contribution in [2.24, 2.45) is 22.7 Å². The van der Waals surface area contributed by atoms with E-state index in [0.717, 1.165) is 61.3 Å². The van der Waals surface area contributed by atoms with E-state index in [4.69, 9.17) is 0 Å². The van der Waals surface area contributed by atoms with Crippen LogP contribution in [0, 0.1) is 24.7 Å². The number of amides is 2. The van der Waals surface area contributed by atoms with Gasteiger partial charge in [0.2, 0.25) is 0 Å². The molecule has 2 aromatic rings. The SMILES string of the molecule is Cc1ccccc1NC(=O)N(CC1CCCCC1)CC1CCC(CN=c2ccccn2O)CC1. The highest BCUT2D eigenvalue weighted by molar-refractivity contribution is 5.90. The smallest absolute Gasteiger partial charge is 0.321 e. The molecule has 1 aromatic carbocycles. The van der Waals surface area contributed by atoms with E-state index in [2.05, 4.69) is 15.2 Å². The molecule has 2 N–H and O–H groups in total. The van der Waals surface area contributed by atoms with Gasteiger partial charge in [0.15, 0.2) is 5.49 Å². The van der Waals surface area contributed by atoms with Gasteiger partial charge in [-0.05, 0) is 87.0 Å². The van der Waals surface area contributed by atoms with Crippen molar-refractivity contribution in [1.82, 2.24) is 9.63 Å². The number of para-hydroxylation sites is 1. The largest absolute Gasteiger partial charge is 0.427 e. The molecule has 1 heterocycles. The van der Waals surface area contributed by atoms with E-state index in [-0.39, 0.29) is 6.03 Å². The second-order valence-corrected chi connectivity index (χ2v) is 10.3. The van der Waals surface area contributed by atoms with Crippen LogP contribution in [0.3, 0.4) is 0 Å². The number of pyridine rings is 1. The van der Waals surface area contributed by atoms with Gasteiger partial charge in [0, 0.05) is 31.5 Å². The van der Waals surface area contributed by atoms with Gasteiger partial charge in [0.25, 0.3) is 0 Å². The molecule has 2 aliphatic carbocycles. The van der Waals surface area contributed by atoms with Gasteiger partial charge in [0.05, 0.1) is 0 Å². The maximum atomic E-state index is 13.3. The number of aromatic nitrogens is 1. The van der Waals surface area contributed by atoms with Crippen LogP contribution in [0.1, 0.15) is 63.4 Å². The van der Waals surface area contributed by atoms with Crippen LogP contribution in [0.2, 0.25) is 0 Å². The van der Waals surface area contributed by atoms with E-state index < -0.39 is 0 Å². The Morgan fingerprint density at radius 1 is 0.941 bits per heavy atom. The molecule has 2 aliphatic rings. The fourth-order valence-corrected chi connectivity index (χ4v) is 5.51. The minimum atomic E-state index is 0.0496. The van der Waals surface area contributed by atoms with Crippen LogP contribution in [-0.4, -0.2) is 40.5 Å². The molecule has 0 unspecified atom stereocenters. The van der Waals surface area contributed by atoms with Crippen molar-refractivity contribution in [3.05, 3.63) is 59.7 Å². The Labute approximate surface area is 203 Å². The van der Waals surface area contributed by atoms with Crippen LogP contribution < -0.4 is 10.8 Å². The zero-order chi connectivity index (χ0) is 23.8. The Morgan fingerprint density at radius 2 is 1.59 bits per heavy atom. The number of anilines is 1. The molecule has 0 radical (unpaired) electrons. The van der Waals surface area contributed by atoms with E-state index in [1.807, 2.05) is 43.3 Å². The molecule has 1 aromatic heterocycles. The summed E-state index contributed by atoms with van der Waals surface area (Å²) in [6.07, 6.45) is 12.5. The van der Waals surface area contributed by atoms with Crippen molar-refractivity contribution in [2.75, 3.05) is 25.0 Å². The van der Waals surface area contributed by atoms with Gasteiger partial charge in [0.1, 0.15) is 0 Å². The number of aryl methyl sites for hydroxylation is 1. The molecule has 0 bridgehead atoms. The molecule has 2 saturated carbocycles. The number of carbonyl (C=O) groups is 1. The average molecular weight is 465 g/mol. The summed E-state index contributed by atoms with van der Waals surface area (Å²) in [6.45, 7) is 4.50. The molecule has 34 heavy (non-hydrogen) atoms. The lowest BCUT2D eigenvalue weighted by molar-refractivity contribution is 0.159. The summed E-state index contributed by atoms with van der Waals surface area (Å²) in [5.74, 6) is 1.72. The molecule has 2 amide bonds. The minimum Gasteiger partial charge on any atom is -0.427 e. The summed E-state index contributed by atoms with van der Waals surface area (Å²) in [4.78, 5) is 20.1. The predicted molar refractivity (Wildman–Crippen MR) is 136 cm³/mol. The molecule has 184 valence electrons. The van der Waals surface area contributed by atoms with Crippen LogP contribution in [0.25, 0.3) is 0 Å². The summed E-state index contributed by atoms with van der Waals surface area (Å²) in [7, 11) is 0. The standard InChI is InChI=1S/C28H40N4O2/c1-22-9-5-6-12-26(22)30-28(33)31(20-24-10-3-2-4-11-24)21-25-16-14-23(15-17-25)19-29-27-13-7-8-18-32(27)34/h5-9,12-13,18,23-25,34H,2-4,10-11,14-17,19-21H2,1H3,(H,30,33). The zero-order valence-electron chi connectivity index (χ0n) is 20.5. The second-order valence-electron chi connectivity index (χ2n) is 10.3. The average Bonchev–Trinajstić information content (AvgIpc) is 2.86. The summed E-state index contributed by atoms with van der Waals surface area (Å²) in [5, 5.41) is 13.1. The number of nitrogens with zero attached hydrogens (tertiary/aromatic N) is 3. The van der Waals surface area contributed by atoms with Crippen molar-refractivity contribution in [3.8, 4) is 0 Å². The number of urea groups is 1. The number of hydrogen-bond acceptors (Lipinski definition) is 3. The highest BCUT2D eigenvalue weighted by Gasteiger charge is 2.27. The van der Waals surface area contributed by atoms with Gasteiger partial charge in [-0.15, -0.1) is 0 Å². The van der Waals surface area contributed by atoms with E-state index in [1.165, 1.54) is 32.1 Å². The monoisotopic (exact) mass is 464 g/mol. The third-order valence-corrected chi connectivity index (χ3v) is 7.65. The first kappa shape index (κ1) is 24.4. The Balaban J connectivity index is 1.34. The number of rotatable bonds is 7. The summed E-state index contributed by atoms with van der Waals surface area (Å²) in [5.41, 5.74) is 2.62. The molecule has 2 fully saturated rings. The topological polar surface area (TPSA) is 69.9 Å². The first-order valence-corrected chi connectivity index (χ1v) is 13.1. The quantitative estimate of drug-likeness (QED) is 0.504. The van der Waals surface area contributed by atoms with Gasteiger partial charge in [-0.25, -0.2) is 4.79 Å². The molecular weight excluding hydrogens is 424 g/mol. The molecule has 6 nitrogen and oxygen atoms in total. The molecule has 4 rings (SSSR count). The zero-order valence-corrected chi connectivity index (χ0v) is 20.5. The van der Waals surface area contributed by atoms with Crippen LogP contribution in [0.4, 0.5) is 10.5 Å². The predicted octanol–water partition coefficient (Wildman–Crippen LogP) is 5.86. The van der Waals surface area contributed by atoms with Gasteiger partial charge in [-0.2, -0.15) is 4.73 Å². The number of benzene rings is 1. The van der Waals surface area contributed by atoms with Gasteiger partial charge in [-0.1, -0.05) is 43.5 Å². The summed E-state index contributed by atoms with van der Waals surface area (Å²) >= 11 is 0. The maximum absolute atomic E-state index is 13.3.